The highest BCUT2D eigenvalue weighted by atomic mass is 35.5. The fraction of sp³-hybridized carbons (Fsp3) is 0.600. The van der Waals surface area contributed by atoms with Crippen molar-refractivity contribution in [2.75, 3.05) is 51.3 Å². The average Bonchev–Trinajstić information content (AvgIpc) is 2.48. The number of methoxy groups -OCH3 is 1. The molecule has 114 valence electrons. The molecule has 4 nitrogen and oxygen atoms in total. The Balaban J connectivity index is 0.00000200. The van der Waals surface area contributed by atoms with Gasteiger partial charge in [0.15, 0.2) is 0 Å². The fourth-order valence-electron chi connectivity index (χ4n) is 2.50. The van der Waals surface area contributed by atoms with Crippen LogP contribution in [-0.2, 0) is 0 Å². The molecule has 0 aliphatic carbocycles. The van der Waals surface area contributed by atoms with Gasteiger partial charge in [-0.25, -0.2) is 0 Å². The zero-order valence-corrected chi connectivity index (χ0v) is 13.1. The molecule has 1 aromatic carbocycles. The maximum atomic E-state index is 5.53. The molecule has 20 heavy (non-hydrogen) atoms. The molecule has 0 atom stereocenters. The van der Waals surface area contributed by atoms with E-state index in [0.29, 0.717) is 0 Å². The number of ether oxygens (including phenoxy) is 1. The first-order chi connectivity index (χ1) is 9.33. The molecule has 0 bridgehead atoms. The molecule has 5 heteroatoms. The van der Waals surface area contributed by atoms with Crippen molar-refractivity contribution in [2.24, 2.45) is 5.73 Å². The van der Waals surface area contributed by atoms with Crippen LogP contribution in [0.1, 0.15) is 12.8 Å². The van der Waals surface area contributed by atoms with Gasteiger partial charge in [-0.2, -0.15) is 0 Å². The van der Waals surface area contributed by atoms with Gasteiger partial charge in [-0.3, -0.25) is 4.90 Å². The Kier molecular flexibility index (Phi) is 7.73. The third kappa shape index (κ3) is 4.85. The Bertz CT molecular complexity index is 364. The van der Waals surface area contributed by atoms with Gasteiger partial charge in [-0.1, -0.05) is 0 Å². The predicted molar refractivity (Wildman–Crippen MR) is 87.2 cm³/mol. The standard InChI is InChI=1S/C15H25N3O.ClH/c1-19-15-6-4-14(5-7-15)18-12-10-17(11-13-18)9-3-2-8-16;/h4-7H,2-3,8-13,16H2,1H3;1H. The SMILES string of the molecule is COc1ccc(N2CCN(CCCCN)CC2)cc1.Cl. The van der Waals surface area contributed by atoms with Gasteiger partial charge in [0.2, 0.25) is 0 Å². The van der Waals surface area contributed by atoms with Gasteiger partial charge in [-0.05, 0) is 50.2 Å². The second kappa shape index (κ2) is 9.06. The summed E-state index contributed by atoms with van der Waals surface area (Å²) in [6.45, 7) is 6.51. The molecule has 1 saturated heterocycles. The third-order valence-corrected chi connectivity index (χ3v) is 3.74. The predicted octanol–water partition coefficient (Wildman–Crippen LogP) is 1.98. The van der Waals surface area contributed by atoms with Crippen LogP contribution in [0.25, 0.3) is 0 Å². The van der Waals surface area contributed by atoms with Crippen LogP contribution in [0.5, 0.6) is 5.75 Å². The fourth-order valence-corrected chi connectivity index (χ4v) is 2.50. The van der Waals surface area contributed by atoms with Crippen molar-refractivity contribution >= 4 is 18.1 Å². The number of rotatable bonds is 6. The second-order valence-electron chi connectivity index (χ2n) is 5.02. The lowest BCUT2D eigenvalue weighted by Gasteiger charge is -2.36. The first-order valence-corrected chi connectivity index (χ1v) is 7.15. The first kappa shape index (κ1) is 17.1. The summed E-state index contributed by atoms with van der Waals surface area (Å²) in [5.74, 6) is 0.921. The number of piperazine rings is 1. The zero-order valence-electron chi connectivity index (χ0n) is 12.3. The summed E-state index contributed by atoms with van der Waals surface area (Å²) in [6, 6.07) is 8.34. The van der Waals surface area contributed by atoms with Crippen LogP contribution in [0.4, 0.5) is 5.69 Å². The Morgan fingerprint density at radius 3 is 2.25 bits per heavy atom. The highest BCUT2D eigenvalue weighted by molar-refractivity contribution is 5.85. The van der Waals surface area contributed by atoms with E-state index in [-0.39, 0.29) is 12.4 Å². The van der Waals surface area contributed by atoms with E-state index in [9.17, 15) is 0 Å². The minimum atomic E-state index is 0. The molecule has 0 amide bonds. The molecule has 1 fully saturated rings. The van der Waals surface area contributed by atoms with Gasteiger partial charge in [0.25, 0.3) is 0 Å². The van der Waals surface area contributed by atoms with Crippen LogP contribution in [0.15, 0.2) is 24.3 Å². The number of nitrogens with zero attached hydrogens (tertiary/aromatic N) is 2. The molecule has 1 aliphatic heterocycles. The lowest BCUT2D eigenvalue weighted by atomic mass is 10.2. The summed E-state index contributed by atoms with van der Waals surface area (Å²) in [5, 5.41) is 0. The van der Waals surface area contributed by atoms with Crippen LogP contribution in [0.3, 0.4) is 0 Å². The summed E-state index contributed by atoms with van der Waals surface area (Å²) in [7, 11) is 1.70. The molecule has 0 saturated carbocycles. The number of hydrogen-bond acceptors (Lipinski definition) is 4. The molecular formula is C15H26ClN3O. The van der Waals surface area contributed by atoms with E-state index in [0.717, 1.165) is 44.9 Å². The smallest absolute Gasteiger partial charge is 0.119 e. The van der Waals surface area contributed by atoms with Gasteiger partial charge in [0.05, 0.1) is 7.11 Å². The first-order valence-electron chi connectivity index (χ1n) is 7.15. The van der Waals surface area contributed by atoms with Crippen molar-refractivity contribution in [3.05, 3.63) is 24.3 Å². The molecular weight excluding hydrogens is 274 g/mol. The van der Waals surface area contributed by atoms with Gasteiger partial charge in [-0.15, -0.1) is 12.4 Å². The molecule has 0 spiro atoms. The number of hydrogen-bond donors (Lipinski definition) is 1. The van der Waals surface area contributed by atoms with Crippen molar-refractivity contribution in [1.82, 2.24) is 4.90 Å². The highest BCUT2D eigenvalue weighted by Gasteiger charge is 2.16. The average molecular weight is 300 g/mol. The van der Waals surface area contributed by atoms with Crippen LogP contribution < -0.4 is 15.4 Å². The van der Waals surface area contributed by atoms with E-state index in [4.69, 9.17) is 10.5 Å². The van der Waals surface area contributed by atoms with Gasteiger partial charge in [0, 0.05) is 31.9 Å². The normalized spacial score (nSPS) is 15.8. The molecule has 2 N–H and O–H groups in total. The second-order valence-corrected chi connectivity index (χ2v) is 5.02. The Morgan fingerprint density at radius 1 is 1.05 bits per heavy atom. The van der Waals surface area contributed by atoms with E-state index in [1.807, 2.05) is 12.1 Å². The Morgan fingerprint density at radius 2 is 1.70 bits per heavy atom. The number of unbranched alkanes of at least 4 members (excludes halogenated alkanes) is 1. The van der Waals surface area contributed by atoms with E-state index < -0.39 is 0 Å². The third-order valence-electron chi connectivity index (χ3n) is 3.74. The number of benzene rings is 1. The minimum absolute atomic E-state index is 0. The highest BCUT2D eigenvalue weighted by Crippen LogP contribution is 2.20. The molecule has 1 aliphatic rings. The molecule has 1 aromatic rings. The van der Waals surface area contributed by atoms with Crippen LogP contribution in [0.2, 0.25) is 0 Å². The Labute approximate surface area is 128 Å². The summed E-state index contributed by atoms with van der Waals surface area (Å²) in [5.41, 5.74) is 6.82. The lowest BCUT2D eigenvalue weighted by Crippen LogP contribution is -2.46. The number of halogens is 1. The largest absolute Gasteiger partial charge is 0.497 e. The van der Waals surface area contributed by atoms with Crippen molar-refractivity contribution < 1.29 is 4.74 Å². The van der Waals surface area contributed by atoms with Gasteiger partial charge < -0.3 is 15.4 Å². The summed E-state index contributed by atoms with van der Waals surface area (Å²) in [4.78, 5) is 4.98. The van der Waals surface area contributed by atoms with Crippen LogP contribution >= 0.6 is 12.4 Å². The Hall–Kier alpha value is -0.970. The zero-order chi connectivity index (χ0) is 13.5. The monoisotopic (exact) mass is 299 g/mol. The maximum absolute atomic E-state index is 5.53. The molecule has 2 rings (SSSR count). The van der Waals surface area contributed by atoms with Crippen molar-refractivity contribution in [1.29, 1.82) is 0 Å². The number of nitrogens with two attached hydrogens (primary N) is 1. The minimum Gasteiger partial charge on any atom is -0.497 e. The number of anilines is 1. The van der Waals surface area contributed by atoms with Gasteiger partial charge in [0.1, 0.15) is 5.75 Å². The van der Waals surface area contributed by atoms with Crippen molar-refractivity contribution in [3.63, 3.8) is 0 Å². The van der Waals surface area contributed by atoms with E-state index in [2.05, 4.69) is 21.9 Å². The molecule has 0 radical (unpaired) electrons. The topological polar surface area (TPSA) is 41.7 Å². The van der Waals surface area contributed by atoms with E-state index in [1.54, 1.807) is 7.11 Å². The molecule has 1 heterocycles. The maximum Gasteiger partial charge on any atom is 0.119 e. The molecule has 0 aromatic heterocycles. The lowest BCUT2D eigenvalue weighted by molar-refractivity contribution is 0.253. The van der Waals surface area contributed by atoms with E-state index in [1.165, 1.54) is 18.7 Å². The molecule has 0 unspecified atom stereocenters. The van der Waals surface area contributed by atoms with Crippen molar-refractivity contribution in [2.45, 2.75) is 12.8 Å². The summed E-state index contributed by atoms with van der Waals surface area (Å²) >= 11 is 0. The van der Waals surface area contributed by atoms with Crippen LogP contribution in [-0.4, -0.2) is 51.3 Å². The van der Waals surface area contributed by atoms with Crippen LogP contribution in [0, 0.1) is 0 Å². The van der Waals surface area contributed by atoms with Crippen molar-refractivity contribution in [3.8, 4) is 5.75 Å². The summed E-state index contributed by atoms with van der Waals surface area (Å²) < 4.78 is 5.19. The van der Waals surface area contributed by atoms with E-state index >= 15 is 0 Å². The van der Waals surface area contributed by atoms with Gasteiger partial charge >= 0.3 is 0 Å². The quantitative estimate of drug-likeness (QED) is 0.816. The summed E-state index contributed by atoms with van der Waals surface area (Å²) in [6.07, 6.45) is 2.36.